The molecule has 0 saturated carbocycles. The lowest BCUT2D eigenvalue weighted by Gasteiger charge is -2.15. The van der Waals surface area contributed by atoms with Gasteiger partial charge in [-0.15, -0.1) is 0 Å². The van der Waals surface area contributed by atoms with Crippen molar-refractivity contribution in [2.75, 3.05) is 18.4 Å². The molecule has 5 nitrogen and oxygen atoms in total. The predicted octanol–water partition coefficient (Wildman–Crippen LogP) is 4.05. The van der Waals surface area contributed by atoms with E-state index in [4.69, 9.17) is 0 Å². The summed E-state index contributed by atoms with van der Waals surface area (Å²) in [7, 11) is -3.43. The zero-order valence-corrected chi connectivity index (χ0v) is 16.9. The maximum atomic E-state index is 12.5. The molecule has 7 heteroatoms. The molecule has 26 heavy (non-hydrogen) atoms. The van der Waals surface area contributed by atoms with Gasteiger partial charge in [0.25, 0.3) is 5.91 Å². The zero-order chi connectivity index (χ0) is 18.7. The molecule has 1 aliphatic heterocycles. The van der Waals surface area contributed by atoms with E-state index in [1.54, 1.807) is 36.4 Å². The summed E-state index contributed by atoms with van der Waals surface area (Å²) < 4.78 is 27.5. The first-order valence-electron chi connectivity index (χ1n) is 8.62. The van der Waals surface area contributed by atoms with Gasteiger partial charge >= 0.3 is 0 Å². The maximum Gasteiger partial charge on any atom is 0.255 e. The quantitative estimate of drug-likeness (QED) is 0.768. The first kappa shape index (κ1) is 19.1. The van der Waals surface area contributed by atoms with Crippen molar-refractivity contribution in [2.45, 2.75) is 31.1 Å². The van der Waals surface area contributed by atoms with Crippen LogP contribution in [-0.2, 0) is 16.4 Å². The highest BCUT2D eigenvalue weighted by molar-refractivity contribution is 9.10. The minimum Gasteiger partial charge on any atom is -0.322 e. The Balaban J connectivity index is 1.73. The SMILES string of the molecule is CCc1ccc(C(=O)Nc2ccc(S(=O)(=O)N3CCCC3)cc2)cc1Br. The molecule has 0 aliphatic carbocycles. The summed E-state index contributed by atoms with van der Waals surface area (Å²) in [4.78, 5) is 12.7. The fraction of sp³-hybridized carbons (Fsp3) is 0.316. The summed E-state index contributed by atoms with van der Waals surface area (Å²) in [5, 5.41) is 2.80. The van der Waals surface area contributed by atoms with Crippen LogP contribution in [0, 0.1) is 0 Å². The van der Waals surface area contributed by atoms with Gasteiger partial charge in [-0.1, -0.05) is 28.9 Å². The number of nitrogens with zero attached hydrogens (tertiary/aromatic N) is 1. The molecular formula is C19H21BrN2O3S. The summed E-state index contributed by atoms with van der Waals surface area (Å²) in [5.41, 5.74) is 2.24. The standard InChI is InChI=1S/C19H21BrN2O3S/c1-2-14-5-6-15(13-18(14)20)19(23)21-16-7-9-17(10-8-16)26(24,25)22-11-3-4-12-22/h5-10,13H,2-4,11-12H2,1H3,(H,21,23). The molecule has 0 bridgehead atoms. The Morgan fingerprint density at radius 1 is 1.12 bits per heavy atom. The fourth-order valence-corrected chi connectivity index (χ4v) is 5.14. The van der Waals surface area contributed by atoms with Crippen LogP contribution in [0.5, 0.6) is 0 Å². The Bertz CT molecular complexity index is 905. The highest BCUT2D eigenvalue weighted by Crippen LogP contribution is 2.23. The molecule has 1 amide bonds. The van der Waals surface area contributed by atoms with Gasteiger partial charge in [-0.3, -0.25) is 4.79 Å². The van der Waals surface area contributed by atoms with Crippen LogP contribution >= 0.6 is 15.9 Å². The second-order valence-corrected chi connectivity index (χ2v) is 9.04. The lowest BCUT2D eigenvalue weighted by Crippen LogP contribution is -2.27. The van der Waals surface area contributed by atoms with Crippen molar-refractivity contribution < 1.29 is 13.2 Å². The number of hydrogen-bond acceptors (Lipinski definition) is 3. The van der Waals surface area contributed by atoms with Crippen molar-refractivity contribution in [2.24, 2.45) is 0 Å². The number of aryl methyl sites for hydroxylation is 1. The van der Waals surface area contributed by atoms with Gasteiger partial charge in [-0.2, -0.15) is 4.31 Å². The van der Waals surface area contributed by atoms with Crippen molar-refractivity contribution >= 4 is 37.5 Å². The van der Waals surface area contributed by atoms with Gasteiger partial charge in [0, 0.05) is 28.8 Å². The van der Waals surface area contributed by atoms with Gasteiger partial charge in [0.05, 0.1) is 4.90 Å². The van der Waals surface area contributed by atoms with Crippen LogP contribution < -0.4 is 5.32 Å². The molecule has 0 unspecified atom stereocenters. The molecule has 3 rings (SSSR count). The van der Waals surface area contributed by atoms with E-state index in [1.807, 2.05) is 6.07 Å². The van der Waals surface area contributed by atoms with Crippen LogP contribution in [0.25, 0.3) is 0 Å². The van der Waals surface area contributed by atoms with E-state index < -0.39 is 10.0 Å². The third kappa shape index (κ3) is 4.00. The Hall–Kier alpha value is -1.70. The number of anilines is 1. The largest absolute Gasteiger partial charge is 0.322 e. The smallest absolute Gasteiger partial charge is 0.255 e. The van der Waals surface area contributed by atoms with Crippen LogP contribution in [0.1, 0.15) is 35.7 Å². The second kappa shape index (κ2) is 7.90. The van der Waals surface area contributed by atoms with Crippen molar-refractivity contribution in [1.29, 1.82) is 0 Å². The summed E-state index contributed by atoms with van der Waals surface area (Å²) >= 11 is 3.47. The molecule has 1 saturated heterocycles. The van der Waals surface area contributed by atoms with Gasteiger partial charge in [-0.25, -0.2) is 8.42 Å². The number of hydrogen-bond donors (Lipinski definition) is 1. The van der Waals surface area contributed by atoms with E-state index in [-0.39, 0.29) is 10.8 Å². The average molecular weight is 437 g/mol. The normalized spacial score (nSPS) is 15.2. The van der Waals surface area contributed by atoms with Crippen LogP contribution in [0.2, 0.25) is 0 Å². The third-order valence-corrected chi connectivity index (χ3v) is 7.16. The highest BCUT2D eigenvalue weighted by Gasteiger charge is 2.26. The molecule has 0 aromatic heterocycles. The lowest BCUT2D eigenvalue weighted by molar-refractivity contribution is 0.102. The number of amides is 1. The van der Waals surface area contributed by atoms with Gasteiger partial charge in [0.2, 0.25) is 10.0 Å². The molecule has 1 heterocycles. The first-order chi connectivity index (χ1) is 12.4. The number of carbonyl (C=O) groups is 1. The van der Waals surface area contributed by atoms with E-state index in [0.29, 0.717) is 24.3 Å². The summed E-state index contributed by atoms with van der Waals surface area (Å²) in [6.45, 7) is 3.20. The van der Waals surface area contributed by atoms with Gasteiger partial charge in [-0.05, 0) is 61.2 Å². The average Bonchev–Trinajstić information content (AvgIpc) is 3.17. The van der Waals surface area contributed by atoms with Crippen molar-refractivity contribution in [3.05, 3.63) is 58.1 Å². The zero-order valence-electron chi connectivity index (χ0n) is 14.5. The van der Waals surface area contributed by atoms with Crippen LogP contribution in [0.4, 0.5) is 5.69 Å². The number of benzene rings is 2. The van der Waals surface area contributed by atoms with Crippen molar-refractivity contribution in [1.82, 2.24) is 4.31 Å². The number of carbonyl (C=O) groups excluding carboxylic acids is 1. The topological polar surface area (TPSA) is 66.5 Å². The van der Waals surface area contributed by atoms with Crippen LogP contribution in [0.3, 0.4) is 0 Å². The Kier molecular flexibility index (Phi) is 5.79. The number of halogens is 1. The third-order valence-electron chi connectivity index (χ3n) is 4.51. The Morgan fingerprint density at radius 3 is 2.35 bits per heavy atom. The Morgan fingerprint density at radius 2 is 1.77 bits per heavy atom. The molecule has 0 atom stereocenters. The van der Waals surface area contributed by atoms with Crippen LogP contribution in [-0.4, -0.2) is 31.7 Å². The molecule has 138 valence electrons. The molecule has 0 radical (unpaired) electrons. The van der Waals surface area contributed by atoms with E-state index >= 15 is 0 Å². The number of sulfonamides is 1. The molecule has 1 fully saturated rings. The summed E-state index contributed by atoms with van der Waals surface area (Å²) in [6.07, 6.45) is 2.69. The first-order valence-corrected chi connectivity index (χ1v) is 10.8. The molecular weight excluding hydrogens is 416 g/mol. The maximum absolute atomic E-state index is 12.5. The fourth-order valence-electron chi connectivity index (χ4n) is 2.97. The van der Waals surface area contributed by atoms with E-state index in [0.717, 1.165) is 29.3 Å². The van der Waals surface area contributed by atoms with Crippen molar-refractivity contribution in [3.8, 4) is 0 Å². The van der Waals surface area contributed by atoms with Crippen LogP contribution in [0.15, 0.2) is 51.8 Å². The minimum atomic E-state index is -3.43. The Labute approximate surface area is 162 Å². The minimum absolute atomic E-state index is 0.233. The van der Waals surface area contributed by atoms with Gasteiger partial charge in [0.15, 0.2) is 0 Å². The number of rotatable bonds is 5. The highest BCUT2D eigenvalue weighted by atomic mass is 79.9. The van der Waals surface area contributed by atoms with Gasteiger partial charge < -0.3 is 5.32 Å². The summed E-state index contributed by atoms with van der Waals surface area (Å²) in [5.74, 6) is -0.233. The lowest BCUT2D eigenvalue weighted by atomic mass is 10.1. The molecule has 0 spiro atoms. The van der Waals surface area contributed by atoms with E-state index in [9.17, 15) is 13.2 Å². The molecule has 1 aliphatic rings. The number of nitrogens with one attached hydrogen (secondary N) is 1. The predicted molar refractivity (Wildman–Crippen MR) is 106 cm³/mol. The van der Waals surface area contributed by atoms with Crippen molar-refractivity contribution in [3.63, 3.8) is 0 Å². The molecule has 2 aromatic rings. The monoisotopic (exact) mass is 436 g/mol. The molecule has 2 aromatic carbocycles. The summed E-state index contributed by atoms with van der Waals surface area (Å²) in [6, 6.07) is 11.8. The molecule has 1 N–H and O–H groups in total. The van der Waals surface area contributed by atoms with E-state index in [1.165, 1.54) is 4.31 Å². The second-order valence-electron chi connectivity index (χ2n) is 6.25. The van der Waals surface area contributed by atoms with Gasteiger partial charge in [0.1, 0.15) is 0 Å². The van der Waals surface area contributed by atoms with E-state index in [2.05, 4.69) is 28.2 Å².